The molecule has 0 aromatic heterocycles. The highest BCUT2D eigenvalue weighted by molar-refractivity contribution is 6.06. The van der Waals surface area contributed by atoms with Gasteiger partial charge in [0.05, 0.1) is 12.2 Å². The molecule has 0 aliphatic carbocycles. The molecule has 2 aliphatic heterocycles. The van der Waals surface area contributed by atoms with Crippen molar-refractivity contribution in [1.82, 2.24) is 10.6 Å². The predicted molar refractivity (Wildman–Crippen MR) is 110 cm³/mol. The monoisotopic (exact) mass is 422 g/mol. The first-order valence-corrected chi connectivity index (χ1v) is 9.98. The van der Waals surface area contributed by atoms with Crippen LogP contribution >= 0.6 is 0 Å². The van der Waals surface area contributed by atoms with Crippen LogP contribution in [0, 0.1) is 5.41 Å². The van der Waals surface area contributed by atoms with Crippen LogP contribution in [-0.4, -0.2) is 49.1 Å². The van der Waals surface area contributed by atoms with Crippen LogP contribution in [0.3, 0.4) is 0 Å². The topological polar surface area (TPSA) is 95.5 Å². The Bertz CT molecular complexity index is 805. The Morgan fingerprint density at radius 2 is 2.10 bits per heavy atom. The number of benzene rings is 1. The number of morpholine rings is 1. The first-order valence-electron chi connectivity index (χ1n) is 9.98. The van der Waals surface area contributed by atoms with Gasteiger partial charge in [-0.3, -0.25) is 10.2 Å². The van der Waals surface area contributed by atoms with Crippen LogP contribution in [0.2, 0.25) is 0 Å². The molecular weight excluding hydrogens is 394 g/mol. The fraction of sp³-hybridized carbons (Fsp3) is 0.524. The summed E-state index contributed by atoms with van der Waals surface area (Å²) < 4.78 is 36.6. The van der Waals surface area contributed by atoms with Crippen LogP contribution in [-0.2, 0) is 14.3 Å². The van der Waals surface area contributed by atoms with E-state index in [-0.39, 0.29) is 23.9 Å². The van der Waals surface area contributed by atoms with Crippen LogP contribution in [0.4, 0.5) is 14.5 Å². The van der Waals surface area contributed by atoms with Crippen molar-refractivity contribution >= 4 is 17.5 Å². The number of carbonyl (C=O) groups is 1. The minimum absolute atomic E-state index is 0.0147. The summed E-state index contributed by atoms with van der Waals surface area (Å²) in [6.45, 7) is 4.31. The van der Waals surface area contributed by atoms with E-state index in [0.717, 1.165) is 24.6 Å². The zero-order valence-corrected chi connectivity index (χ0v) is 17.3. The summed E-state index contributed by atoms with van der Waals surface area (Å²) in [6.07, 6.45) is 2.39. The maximum atomic E-state index is 12.9. The number of nitrogens with one attached hydrogen (secondary N) is 4. The van der Waals surface area contributed by atoms with E-state index in [1.54, 1.807) is 12.1 Å². The van der Waals surface area contributed by atoms with Crippen molar-refractivity contribution in [1.29, 1.82) is 5.41 Å². The van der Waals surface area contributed by atoms with E-state index in [4.69, 9.17) is 14.9 Å². The highest BCUT2D eigenvalue weighted by atomic mass is 19.3. The molecule has 164 valence electrons. The second-order valence-electron chi connectivity index (χ2n) is 8.09. The lowest BCUT2D eigenvalue weighted by atomic mass is 10.0. The number of hydrogen-bond donors (Lipinski definition) is 4. The molecule has 7 nitrogen and oxygen atoms in total. The molecule has 2 fully saturated rings. The summed E-state index contributed by atoms with van der Waals surface area (Å²) >= 11 is 0. The van der Waals surface area contributed by atoms with Gasteiger partial charge in [0.1, 0.15) is 5.70 Å². The molecule has 2 aliphatic rings. The predicted octanol–water partition coefficient (Wildman–Crippen LogP) is 2.96. The lowest BCUT2D eigenvalue weighted by Gasteiger charge is -2.23. The van der Waals surface area contributed by atoms with E-state index in [0.29, 0.717) is 18.7 Å². The third-order valence-corrected chi connectivity index (χ3v) is 4.77. The fourth-order valence-electron chi connectivity index (χ4n) is 3.50. The highest BCUT2D eigenvalue weighted by Crippen LogP contribution is 2.37. The molecule has 1 amide bonds. The molecular formula is C21H28F2N4O3. The first-order chi connectivity index (χ1) is 14.1. The van der Waals surface area contributed by atoms with Gasteiger partial charge < -0.3 is 25.4 Å². The number of anilines is 1. The third kappa shape index (κ3) is 5.99. The van der Waals surface area contributed by atoms with Crippen LogP contribution < -0.4 is 16.0 Å². The average Bonchev–Trinajstić information content (AvgIpc) is 3.29. The number of hydrogen-bond acceptors (Lipinski definition) is 6. The minimum atomic E-state index is -3.06. The van der Waals surface area contributed by atoms with E-state index in [1.807, 2.05) is 26.0 Å². The van der Waals surface area contributed by atoms with Crippen molar-refractivity contribution in [2.45, 2.75) is 57.4 Å². The van der Waals surface area contributed by atoms with Crippen molar-refractivity contribution in [3.05, 3.63) is 41.6 Å². The van der Waals surface area contributed by atoms with Crippen LogP contribution in [0.15, 0.2) is 36.0 Å². The summed E-state index contributed by atoms with van der Waals surface area (Å²) in [4.78, 5) is 12.7. The molecule has 1 aromatic rings. The van der Waals surface area contributed by atoms with Crippen molar-refractivity contribution in [2.75, 3.05) is 18.5 Å². The van der Waals surface area contributed by atoms with Crippen molar-refractivity contribution < 1.29 is 23.0 Å². The Labute approximate surface area is 174 Å². The molecule has 2 heterocycles. The number of ether oxygens (including phenoxy) is 2. The van der Waals surface area contributed by atoms with Gasteiger partial charge in [0.15, 0.2) is 6.61 Å². The fourth-order valence-corrected chi connectivity index (χ4v) is 3.50. The van der Waals surface area contributed by atoms with Gasteiger partial charge in [-0.25, -0.2) is 8.78 Å². The van der Waals surface area contributed by atoms with Gasteiger partial charge in [-0.05, 0) is 38.0 Å². The molecule has 30 heavy (non-hydrogen) atoms. The number of fused-ring (bicyclic) bond motifs is 2. The van der Waals surface area contributed by atoms with Gasteiger partial charge in [0, 0.05) is 37.3 Å². The first kappa shape index (κ1) is 22.2. The minimum Gasteiger partial charge on any atom is -0.472 e. The van der Waals surface area contributed by atoms with Gasteiger partial charge in [0.2, 0.25) is 5.90 Å². The Kier molecular flexibility index (Phi) is 6.72. The van der Waals surface area contributed by atoms with Gasteiger partial charge in [0.25, 0.3) is 11.8 Å². The summed E-state index contributed by atoms with van der Waals surface area (Å²) in [6, 6.07) is 7.62. The van der Waals surface area contributed by atoms with E-state index < -0.39 is 24.3 Å². The molecule has 4 N–H and O–H groups in total. The molecule has 0 saturated carbocycles. The number of rotatable bonds is 8. The largest absolute Gasteiger partial charge is 0.472 e. The zero-order valence-electron chi connectivity index (χ0n) is 17.3. The second-order valence-corrected chi connectivity index (χ2v) is 8.09. The Hall–Kier alpha value is -2.52. The SMILES string of the molecule is CC(C)N/C(=C\C(=N)OCC(C)(F)F)C(=O)Nc1ccc([C@@H]2O[C@H]3CN[C@@H]2C3)cc1. The summed E-state index contributed by atoms with van der Waals surface area (Å²) in [5.41, 5.74) is 1.67. The third-order valence-electron chi connectivity index (χ3n) is 4.77. The highest BCUT2D eigenvalue weighted by Gasteiger charge is 2.41. The van der Waals surface area contributed by atoms with Gasteiger partial charge in [-0.15, -0.1) is 0 Å². The van der Waals surface area contributed by atoms with Crippen molar-refractivity contribution in [3.8, 4) is 0 Å². The molecule has 1 aromatic carbocycles. The molecule has 2 bridgehead atoms. The standard InChI is InChI=1S/C21H28F2N4O3/c1-12(2)26-17(9-18(24)29-11-21(3,22)23)20(28)27-14-6-4-13(5-7-14)19-16-8-15(30-19)10-25-16/h4-7,9,12,15-16,19,24-26H,8,10-11H2,1-3H3,(H,27,28)/b17-9-,24-18?/t15-,16-,19+/m1/s1. The van der Waals surface area contributed by atoms with E-state index >= 15 is 0 Å². The van der Waals surface area contributed by atoms with Crippen LogP contribution in [0.5, 0.6) is 0 Å². The number of halogens is 2. The Morgan fingerprint density at radius 3 is 2.63 bits per heavy atom. The summed E-state index contributed by atoms with van der Waals surface area (Å²) in [5.74, 6) is -4.08. The maximum absolute atomic E-state index is 12.9. The quantitative estimate of drug-likeness (QED) is 0.294. The van der Waals surface area contributed by atoms with Crippen LogP contribution in [0.25, 0.3) is 0 Å². The molecule has 2 saturated heterocycles. The smallest absolute Gasteiger partial charge is 0.278 e. The second kappa shape index (κ2) is 9.09. The molecule has 0 unspecified atom stereocenters. The molecule has 3 rings (SSSR count). The van der Waals surface area contributed by atoms with Crippen LogP contribution in [0.1, 0.15) is 38.9 Å². The van der Waals surface area contributed by atoms with E-state index in [1.165, 1.54) is 0 Å². The normalized spacial score (nSPS) is 23.5. The molecule has 0 radical (unpaired) electrons. The Balaban J connectivity index is 1.63. The number of carbonyl (C=O) groups excluding carboxylic acids is 1. The molecule has 0 spiro atoms. The summed E-state index contributed by atoms with van der Waals surface area (Å²) in [5, 5.41) is 16.8. The van der Waals surface area contributed by atoms with Gasteiger partial charge in [-0.2, -0.15) is 0 Å². The lowest BCUT2D eigenvalue weighted by molar-refractivity contribution is -0.113. The molecule has 9 heteroatoms. The average molecular weight is 422 g/mol. The van der Waals surface area contributed by atoms with E-state index in [2.05, 4.69) is 16.0 Å². The zero-order chi connectivity index (χ0) is 21.9. The molecule has 3 atom stereocenters. The lowest BCUT2D eigenvalue weighted by Crippen LogP contribution is -2.34. The van der Waals surface area contributed by atoms with Gasteiger partial charge in [-0.1, -0.05) is 12.1 Å². The van der Waals surface area contributed by atoms with Crippen molar-refractivity contribution in [3.63, 3.8) is 0 Å². The number of alkyl halides is 2. The maximum Gasteiger partial charge on any atom is 0.278 e. The summed E-state index contributed by atoms with van der Waals surface area (Å²) in [7, 11) is 0. The van der Waals surface area contributed by atoms with Gasteiger partial charge >= 0.3 is 0 Å². The Morgan fingerprint density at radius 1 is 1.40 bits per heavy atom. The van der Waals surface area contributed by atoms with Crippen molar-refractivity contribution in [2.24, 2.45) is 0 Å². The number of amides is 1. The van der Waals surface area contributed by atoms with E-state index in [9.17, 15) is 13.6 Å².